The van der Waals surface area contributed by atoms with Crippen LogP contribution in [-0.2, 0) is 17.8 Å². The lowest BCUT2D eigenvalue weighted by molar-refractivity contribution is -0.122. The van der Waals surface area contributed by atoms with Crippen molar-refractivity contribution in [2.75, 3.05) is 13.1 Å². The second kappa shape index (κ2) is 7.43. The van der Waals surface area contributed by atoms with Crippen molar-refractivity contribution in [2.24, 2.45) is 0 Å². The fourth-order valence-electron chi connectivity index (χ4n) is 2.75. The van der Waals surface area contributed by atoms with Crippen LogP contribution in [-0.4, -0.2) is 72.0 Å². The number of carbonyl (C=O) groups excluding carboxylic acids is 2. The molecule has 2 aromatic rings. The first-order chi connectivity index (χ1) is 12.1. The average molecular weight is 347 g/mol. The molecule has 10 nitrogen and oxygen atoms in total. The number of H-pyrrole nitrogens is 1. The summed E-state index contributed by atoms with van der Waals surface area (Å²) in [6.45, 7) is 2.85. The van der Waals surface area contributed by atoms with E-state index in [-0.39, 0.29) is 37.0 Å². The molecule has 0 saturated carbocycles. The highest BCUT2D eigenvalue weighted by Gasteiger charge is 2.36. The minimum absolute atomic E-state index is 0.156. The van der Waals surface area contributed by atoms with Crippen LogP contribution in [0.3, 0.4) is 0 Å². The number of nitrogens with one attached hydrogen (secondary N) is 2. The molecule has 2 amide bonds. The monoisotopic (exact) mass is 347 g/mol. The molecular weight excluding hydrogens is 326 g/mol. The summed E-state index contributed by atoms with van der Waals surface area (Å²) < 4.78 is 0. The van der Waals surface area contributed by atoms with Gasteiger partial charge in [-0.15, -0.1) is 5.10 Å². The maximum Gasteiger partial charge on any atom is 0.276 e. The second-order valence-corrected chi connectivity index (χ2v) is 5.95. The number of imidazole rings is 1. The molecule has 1 aliphatic rings. The van der Waals surface area contributed by atoms with Crippen LogP contribution in [0.4, 0.5) is 0 Å². The Morgan fingerprint density at radius 2 is 2.24 bits per heavy atom. The smallest absolute Gasteiger partial charge is 0.276 e. The molecule has 0 radical (unpaired) electrons. The first-order valence-electron chi connectivity index (χ1n) is 8.21. The Labute approximate surface area is 144 Å². The summed E-state index contributed by atoms with van der Waals surface area (Å²) >= 11 is 0. The maximum atomic E-state index is 12.4. The Kier molecular flexibility index (Phi) is 5.08. The van der Waals surface area contributed by atoms with Gasteiger partial charge in [0.05, 0.1) is 31.2 Å². The number of aliphatic hydroxyl groups is 1. The molecule has 0 aromatic carbocycles. The van der Waals surface area contributed by atoms with Crippen LogP contribution >= 0.6 is 0 Å². The van der Waals surface area contributed by atoms with Crippen molar-refractivity contribution in [2.45, 2.75) is 38.5 Å². The molecule has 2 atom stereocenters. The molecule has 134 valence electrons. The highest BCUT2D eigenvalue weighted by Crippen LogP contribution is 2.13. The van der Waals surface area contributed by atoms with Crippen LogP contribution in [0.2, 0.25) is 0 Å². The number of hydrogen-bond acceptors (Lipinski definition) is 6. The molecule has 0 bridgehead atoms. The zero-order valence-electron chi connectivity index (χ0n) is 13.9. The Morgan fingerprint density at radius 3 is 2.92 bits per heavy atom. The van der Waals surface area contributed by atoms with Gasteiger partial charge in [-0.3, -0.25) is 9.59 Å². The molecule has 1 saturated heterocycles. The molecule has 0 spiro atoms. The van der Waals surface area contributed by atoms with Gasteiger partial charge in [0.2, 0.25) is 5.91 Å². The predicted octanol–water partition coefficient (Wildman–Crippen LogP) is -1.04. The Hall–Kier alpha value is -2.75. The maximum absolute atomic E-state index is 12.4. The predicted molar refractivity (Wildman–Crippen MR) is 86.4 cm³/mol. The van der Waals surface area contributed by atoms with Gasteiger partial charge < -0.3 is 20.3 Å². The number of aliphatic hydroxyl groups excluding tert-OH is 1. The fourth-order valence-corrected chi connectivity index (χ4v) is 2.75. The van der Waals surface area contributed by atoms with Crippen molar-refractivity contribution >= 4 is 11.8 Å². The van der Waals surface area contributed by atoms with Gasteiger partial charge in [0.15, 0.2) is 5.69 Å². The average Bonchev–Trinajstić information content (AvgIpc) is 3.34. The zero-order chi connectivity index (χ0) is 17.8. The molecule has 25 heavy (non-hydrogen) atoms. The van der Waals surface area contributed by atoms with E-state index in [9.17, 15) is 14.7 Å². The van der Waals surface area contributed by atoms with Crippen LogP contribution in [0.1, 0.15) is 29.5 Å². The molecule has 2 aromatic heterocycles. The molecule has 1 aliphatic heterocycles. The van der Waals surface area contributed by atoms with Crippen molar-refractivity contribution in [3.8, 4) is 0 Å². The molecule has 1 fully saturated rings. The third-order valence-electron chi connectivity index (χ3n) is 4.14. The third-order valence-corrected chi connectivity index (χ3v) is 4.14. The van der Waals surface area contributed by atoms with E-state index in [0.717, 1.165) is 5.69 Å². The Balaban J connectivity index is 1.52. The van der Waals surface area contributed by atoms with E-state index in [0.29, 0.717) is 13.0 Å². The third kappa shape index (κ3) is 4.02. The van der Waals surface area contributed by atoms with Crippen molar-refractivity contribution in [3.05, 3.63) is 30.1 Å². The zero-order valence-corrected chi connectivity index (χ0v) is 13.9. The molecular formula is C15H21N7O3. The lowest BCUT2D eigenvalue weighted by Crippen LogP contribution is -2.43. The van der Waals surface area contributed by atoms with E-state index >= 15 is 0 Å². The van der Waals surface area contributed by atoms with Gasteiger partial charge in [0.1, 0.15) is 0 Å². The lowest BCUT2D eigenvalue weighted by atomic mass is 10.2. The highest BCUT2D eigenvalue weighted by molar-refractivity contribution is 5.92. The number of aryl methyl sites for hydroxylation is 2. The van der Waals surface area contributed by atoms with Crippen molar-refractivity contribution in [3.63, 3.8) is 0 Å². The van der Waals surface area contributed by atoms with Gasteiger partial charge in [-0.25, -0.2) is 4.98 Å². The summed E-state index contributed by atoms with van der Waals surface area (Å²) in [6.07, 6.45) is 4.66. The summed E-state index contributed by atoms with van der Waals surface area (Å²) in [5.74, 6) is -0.474. The summed E-state index contributed by atoms with van der Waals surface area (Å²) in [7, 11) is 0. The quantitative estimate of drug-likeness (QED) is 0.612. The highest BCUT2D eigenvalue weighted by atomic mass is 16.3. The van der Waals surface area contributed by atoms with E-state index in [1.165, 1.54) is 15.9 Å². The molecule has 0 aliphatic carbocycles. The summed E-state index contributed by atoms with van der Waals surface area (Å²) in [5, 5.41) is 21.0. The number of aromatic nitrogens is 5. The van der Waals surface area contributed by atoms with E-state index < -0.39 is 12.1 Å². The Bertz CT molecular complexity index is 727. The topological polar surface area (TPSA) is 129 Å². The Morgan fingerprint density at radius 1 is 1.40 bits per heavy atom. The van der Waals surface area contributed by atoms with Gasteiger partial charge >= 0.3 is 0 Å². The second-order valence-electron chi connectivity index (χ2n) is 5.95. The van der Waals surface area contributed by atoms with Crippen LogP contribution in [0.5, 0.6) is 0 Å². The number of amides is 2. The van der Waals surface area contributed by atoms with Gasteiger partial charge in [0, 0.05) is 31.4 Å². The van der Waals surface area contributed by atoms with Crippen LogP contribution in [0.15, 0.2) is 18.7 Å². The number of carbonyl (C=O) groups is 2. The van der Waals surface area contributed by atoms with E-state index in [1.54, 1.807) is 12.5 Å². The van der Waals surface area contributed by atoms with Crippen LogP contribution < -0.4 is 5.32 Å². The molecule has 0 unspecified atom stereocenters. The number of hydrogen-bond donors (Lipinski definition) is 3. The van der Waals surface area contributed by atoms with Gasteiger partial charge in [-0.1, -0.05) is 0 Å². The summed E-state index contributed by atoms with van der Waals surface area (Å²) in [5.41, 5.74) is 1.11. The van der Waals surface area contributed by atoms with Gasteiger partial charge in [-0.2, -0.15) is 9.90 Å². The van der Waals surface area contributed by atoms with Crippen molar-refractivity contribution in [1.29, 1.82) is 0 Å². The number of likely N-dealkylation sites (tertiary alicyclic amines) is 1. The van der Waals surface area contributed by atoms with Crippen molar-refractivity contribution in [1.82, 2.24) is 35.2 Å². The largest absolute Gasteiger partial charge is 0.389 e. The van der Waals surface area contributed by atoms with E-state index in [1.807, 2.05) is 6.92 Å². The van der Waals surface area contributed by atoms with Crippen LogP contribution in [0.25, 0.3) is 0 Å². The fraction of sp³-hybridized carbons (Fsp3) is 0.533. The minimum atomic E-state index is -0.804. The SMILES string of the molecule is CCn1ncc(C(=O)N2C[C@@H](O)[C@@H](NC(=O)CCc3cnc[nH]3)C2)n1. The van der Waals surface area contributed by atoms with E-state index in [2.05, 4.69) is 25.5 Å². The van der Waals surface area contributed by atoms with Gasteiger partial charge in [0.25, 0.3) is 5.91 Å². The standard InChI is InChI=1S/C15H21N7O3/c1-2-22-18-6-11(20-22)15(25)21-7-12(13(23)8-21)19-14(24)4-3-10-5-16-9-17-10/h5-6,9,12-13,23H,2-4,7-8H2,1H3,(H,16,17)(H,19,24)/t12-,13+/m0/s1. The lowest BCUT2D eigenvalue weighted by Gasteiger charge is -2.16. The first-order valence-corrected chi connectivity index (χ1v) is 8.21. The number of rotatable bonds is 6. The number of β-amino-alcohol motifs (C(OH)–C–C–N with tert-alkyl or cyclic N) is 1. The number of nitrogens with zero attached hydrogens (tertiary/aromatic N) is 5. The molecule has 3 rings (SSSR count). The summed E-state index contributed by atoms with van der Waals surface area (Å²) in [6, 6.07) is -0.487. The van der Waals surface area contributed by atoms with Crippen LogP contribution in [0, 0.1) is 0 Å². The van der Waals surface area contributed by atoms with Crippen molar-refractivity contribution < 1.29 is 14.7 Å². The minimum Gasteiger partial charge on any atom is -0.389 e. The normalized spacial score (nSPS) is 20.0. The molecule has 10 heteroatoms. The van der Waals surface area contributed by atoms with Gasteiger partial charge in [-0.05, 0) is 13.3 Å². The first kappa shape index (κ1) is 17.1. The summed E-state index contributed by atoms with van der Waals surface area (Å²) in [4.78, 5) is 34.2. The molecule has 3 N–H and O–H groups in total. The number of aromatic amines is 1. The van der Waals surface area contributed by atoms with E-state index in [4.69, 9.17) is 0 Å². The molecule has 3 heterocycles.